The molecule has 0 spiro atoms. The molecule has 16 heteroatoms. The lowest BCUT2D eigenvalue weighted by molar-refractivity contribution is -0.207. The zero-order valence-corrected chi connectivity index (χ0v) is 21.3. The average molecular weight is 594 g/mol. The van der Waals surface area contributed by atoms with Crippen LogP contribution in [0.1, 0.15) is 24.5 Å². The highest BCUT2D eigenvalue weighted by atomic mass is 35.5. The van der Waals surface area contributed by atoms with E-state index in [2.05, 4.69) is 10.4 Å². The molecule has 1 aromatic heterocycles. The van der Waals surface area contributed by atoms with Crippen LogP contribution in [0.2, 0.25) is 5.02 Å². The second-order valence-corrected chi connectivity index (χ2v) is 9.13. The molecule has 0 aliphatic carbocycles. The van der Waals surface area contributed by atoms with Gasteiger partial charge in [0.25, 0.3) is 0 Å². The molecule has 2 atom stereocenters. The molecule has 216 valence electrons. The van der Waals surface area contributed by atoms with E-state index in [1.165, 1.54) is 31.2 Å². The van der Waals surface area contributed by atoms with Gasteiger partial charge in [-0.2, -0.15) is 26.3 Å². The molecule has 2 unspecified atom stereocenters. The third kappa shape index (κ3) is 6.47. The molecule has 0 aliphatic rings. The Balaban J connectivity index is 2.01. The van der Waals surface area contributed by atoms with Crippen molar-refractivity contribution < 1.29 is 41.0 Å². The number of hydrogen-bond donors (Lipinski definition) is 3. The van der Waals surface area contributed by atoms with Crippen molar-refractivity contribution in [3.8, 4) is 11.4 Å². The van der Waals surface area contributed by atoms with E-state index in [1.54, 1.807) is 0 Å². The van der Waals surface area contributed by atoms with Gasteiger partial charge in [-0.15, -0.1) is 5.10 Å². The number of halogens is 7. The Morgan fingerprint density at radius 3 is 2.20 bits per heavy atom. The first kappa shape index (κ1) is 30.7. The van der Waals surface area contributed by atoms with Crippen LogP contribution in [0.4, 0.5) is 26.3 Å². The maximum absolute atomic E-state index is 13.3. The second-order valence-electron chi connectivity index (χ2n) is 8.69. The number of hydrogen-bond acceptors (Lipinski definition) is 5. The van der Waals surface area contributed by atoms with Crippen molar-refractivity contribution in [2.24, 2.45) is 5.73 Å². The number of aromatic nitrogens is 3. The summed E-state index contributed by atoms with van der Waals surface area (Å²) in [6, 6.07) is 9.00. The predicted molar refractivity (Wildman–Crippen MR) is 130 cm³/mol. The average Bonchev–Trinajstić information content (AvgIpc) is 3.16. The fraction of sp³-hybridized carbons (Fsp3) is 0.333. The van der Waals surface area contributed by atoms with Crippen LogP contribution in [0.3, 0.4) is 0 Å². The van der Waals surface area contributed by atoms with Crippen LogP contribution in [0.15, 0.2) is 53.3 Å². The molecule has 9 nitrogen and oxygen atoms in total. The van der Waals surface area contributed by atoms with Crippen LogP contribution in [0.5, 0.6) is 0 Å². The molecular formula is C24H22ClF6N5O4. The van der Waals surface area contributed by atoms with Crippen molar-refractivity contribution in [3.05, 3.63) is 75.2 Å². The first-order valence-corrected chi connectivity index (χ1v) is 11.8. The fourth-order valence-electron chi connectivity index (χ4n) is 3.91. The van der Waals surface area contributed by atoms with E-state index in [9.17, 15) is 45.8 Å². The number of carbonyl (C=O) groups excluding carboxylic acids is 2. The summed E-state index contributed by atoms with van der Waals surface area (Å²) in [6.07, 6.45) is -13.1. The molecule has 3 rings (SSSR count). The minimum Gasteiger partial charge on any atom is -0.382 e. The normalized spacial score (nSPS) is 14.4. The summed E-state index contributed by atoms with van der Waals surface area (Å²) in [5.41, 5.74) is 0.879. The van der Waals surface area contributed by atoms with Crippen LogP contribution < -0.4 is 16.7 Å². The molecule has 0 aliphatic heterocycles. The zero-order chi connectivity index (χ0) is 30.0. The fourth-order valence-corrected chi connectivity index (χ4v) is 4.04. The Kier molecular flexibility index (Phi) is 8.69. The molecule has 3 aromatic rings. The summed E-state index contributed by atoms with van der Waals surface area (Å²) in [7, 11) is 0. The number of rotatable bonds is 9. The third-order valence-corrected chi connectivity index (χ3v) is 6.29. The molecular weight excluding hydrogens is 572 g/mol. The lowest BCUT2D eigenvalue weighted by atomic mass is 9.85. The van der Waals surface area contributed by atoms with E-state index in [0.29, 0.717) is 15.3 Å². The number of carbonyl (C=O) groups is 2. The van der Waals surface area contributed by atoms with Crippen molar-refractivity contribution in [3.63, 3.8) is 0 Å². The largest absolute Gasteiger partial charge is 0.416 e. The van der Waals surface area contributed by atoms with Crippen molar-refractivity contribution in [2.45, 2.75) is 50.4 Å². The van der Waals surface area contributed by atoms with Gasteiger partial charge < -0.3 is 16.2 Å². The lowest BCUT2D eigenvalue weighted by Gasteiger charge is -2.31. The smallest absolute Gasteiger partial charge is 0.382 e. The van der Waals surface area contributed by atoms with E-state index < -0.39 is 60.2 Å². The quantitative estimate of drug-likeness (QED) is 0.328. The minimum atomic E-state index is -5.08. The van der Waals surface area contributed by atoms with E-state index in [0.717, 1.165) is 18.2 Å². The number of benzene rings is 2. The Labute approximate surface area is 227 Å². The molecule has 40 heavy (non-hydrogen) atoms. The number of nitrogens with two attached hydrogens (primary N) is 1. The van der Waals surface area contributed by atoms with Crippen LogP contribution in [-0.4, -0.2) is 43.5 Å². The van der Waals surface area contributed by atoms with E-state index in [-0.39, 0.29) is 28.4 Å². The van der Waals surface area contributed by atoms with Gasteiger partial charge in [-0.3, -0.25) is 14.2 Å². The number of nitrogens with zero attached hydrogens (tertiary/aromatic N) is 3. The van der Waals surface area contributed by atoms with Crippen molar-refractivity contribution in [1.82, 2.24) is 19.7 Å². The number of alkyl halides is 6. The second kappa shape index (κ2) is 11.3. The first-order chi connectivity index (χ1) is 18.5. The third-order valence-electron chi connectivity index (χ3n) is 6.04. The van der Waals surface area contributed by atoms with Crippen molar-refractivity contribution in [2.75, 3.05) is 0 Å². The van der Waals surface area contributed by atoms with Gasteiger partial charge >= 0.3 is 18.0 Å². The minimum absolute atomic E-state index is 0.124. The first-order valence-electron chi connectivity index (χ1n) is 11.5. The van der Waals surface area contributed by atoms with Crippen LogP contribution >= 0.6 is 11.6 Å². The van der Waals surface area contributed by atoms with Gasteiger partial charge in [0.2, 0.25) is 11.8 Å². The van der Waals surface area contributed by atoms with Gasteiger partial charge in [0.1, 0.15) is 12.1 Å². The SMILES string of the molecule is CCC(NC(=O)Cn1nc(-c2ccc(Cl)cc2)n(CC(O)C(F)(F)F)c1=O)(C(N)=O)c1cccc(C(F)(F)F)c1. The molecule has 2 amide bonds. The Morgan fingerprint density at radius 1 is 1.07 bits per heavy atom. The zero-order valence-electron chi connectivity index (χ0n) is 20.6. The molecule has 0 saturated carbocycles. The van der Waals surface area contributed by atoms with Crippen molar-refractivity contribution in [1.29, 1.82) is 0 Å². The van der Waals surface area contributed by atoms with Gasteiger partial charge in [-0.05, 0) is 48.4 Å². The number of aliphatic hydroxyl groups is 1. The van der Waals surface area contributed by atoms with Crippen molar-refractivity contribution >= 4 is 23.4 Å². The standard InChI is InChI=1S/C24H22ClF6N5O4/c1-2-22(20(32)39,14-4-3-5-15(10-14)23(26,27)28)33-18(38)12-36-21(40)35(11-17(37)24(29,30)31)19(34-36)13-6-8-16(25)9-7-13/h3-10,17,37H,2,11-12H2,1H3,(H2,32,39)(H,33,38). The molecule has 0 bridgehead atoms. The number of primary amides is 1. The highest BCUT2D eigenvalue weighted by Crippen LogP contribution is 2.33. The highest BCUT2D eigenvalue weighted by Gasteiger charge is 2.41. The van der Waals surface area contributed by atoms with Crippen LogP contribution in [-0.2, 0) is 34.4 Å². The molecule has 0 saturated heterocycles. The van der Waals surface area contributed by atoms with Gasteiger partial charge in [0.15, 0.2) is 11.9 Å². The summed E-state index contributed by atoms with van der Waals surface area (Å²) in [6.45, 7) is -0.835. The van der Waals surface area contributed by atoms with E-state index in [4.69, 9.17) is 17.3 Å². The molecule has 4 N–H and O–H groups in total. The summed E-state index contributed by atoms with van der Waals surface area (Å²) >= 11 is 5.84. The maximum Gasteiger partial charge on any atom is 0.416 e. The lowest BCUT2D eigenvalue weighted by Crippen LogP contribution is -2.55. The summed E-state index contributed by atoms with van der Waals surface area (Å²) in [5, 5.41) is 16.0. The van der Waals surface area contributed by atoms with Gasteiger partial charge in [0.05, 0.1) is 12.1 Å². The molecule has 0 fully saturated rings. The maximum atomic E-state index is 13.3. The predicted octanol–water partition coefficient (Wildman–Crippen LogP) is 3.21. The summed E-state index contributed by atoms with van der Waals surface area (Å²) in [5.74, 6) is -2.65. The Morgan fingerprint density at radius 2 is 1.68 bits per heavy atom. The molecule has 2 aromatic carbocycles. The molecule has 0 radical (unpaired) electrons. The number of nitrogens with one attached hydrogen (secondary N) is 1. The summed E-state index contributed by atoms with van der Waals surface area (Å²) in [4.78, 5) is 38.4. The Bertz CT molecular complexity index is 1450. The van der Waals surface area contributed by atoms with Crippen LogP contribution in [0, 0.1) is 0 Å². The topological polar surface area (TPSA) is 132 Å². The van der Waals surface area contributed by atoms with E-state index >= 15 is 0 Å². The number of amides is 2. The van der Waals surface area contributed by atoms with Gasteiger partial charge in [-0.25, -0.2) is 9.48 Å². The molecule has 1 heterocycles. The monoisotopic (exact) mass is 593 g/mol. The van der Waals surface area contributed by atoms with Crippen LogP contribution in [0.25, 0.3) is 11.4 Å². The van der Waals surface area contributed by atoms with E-state index in [1.807, 2.05) is 0 Å². The number of aliphatic hydroxyl groups excluding tert-OH is 1. The highest BCUT2D eigenvalue weighted by molar-refractivity contribution is 6.30. The summed E-state index contributed by atoms with van der Waals surface area (Å²) < 4.78 is 79.9. The Hall–Kier alpha value is -3.85. The van der Waals surface area contributed by atoms with Gasteiger partial charge in [-0.1, -0.05) is 30.7 Å². The van der Waals surface area contributed by atoms with Gasteiger partial charge in [0, 0.05) is 10.6 Å².